The summed E-state index contributed by atoms with van der Waals surface area (Å²) < 4.78 is 33.0. The van der Waals surface area contributed by atoms with Crippen molar-refractivity contribution in [3.8, 4) is 0 Å². The minimum Gasteiger partial charge on any atom is -0.378 e. The van der Waals surface area contributed by atoms with Crippen LogP contribution < -0.4 is 20.7 Å². The minimum atomic E-state index is -2.74. The maximum Gasteiger partial charge on any atom is 0.266 e. The molecule has 0 aliphatic carbocycles. The Morgan fingerprint density at radius 2 is 2.00 bits per heavy atom. The molecule has 0 atom stereocenters. The quantitative estimate of drug-likeness (QED) is 0.642. The third-order valence-electron chi connectivity index (χ3n) is 5.86. The van der Waals surface area contributed by atoms with Gasteiger partial charge in [-0.3, -0.25) is 4.79 Å². The van der Waals surface area contributed by atoms with Crippen molar-refractivity contribution in [3.63, 3.8) is 0 Å². The molecule has 168 valence electrons. The van der Waals surface area contributed by atoms with Gasteiger partial charge in [0.1, 0.15) is 17.5 Å². The Balaban J connectivity index is 1.50. The number of nitrogens with one attached hydrogen (secondary N) is 2. The summed E-state index contributed by atoms with van der Waals surface area (Å²) in [6, 6.07) is 5.37. The molecule has 0 unspecified atom stereocenters. The number of hydrogen-bond acceptors (Lipinski definition) is 7. The van der Waals surface area contributed by atoms with Crippen molar-refractivity contribution in [2.75, 3.05) is 54.5 Å². The van der Waals surface area contributed by atoms with E-state index in [9.17, 15) is 13.6 Å². The van der Waals surface area contributed by atoms with Crippen molar-refractivity contribution in [2.45, 2.75) is 19.3 Å². The molecule has 2 aliphatic rings. The average Bonchev–Trinajstić information content (AvgIpc) is 3.14. The number of morpholine rings is 1. The highest BCUT2D eigenvalue weighted by Gasteiger charge is 2.39. The Morgan fingerprint density at radius 1 is 1.19 bits per heavy atom. The van der Waals surface area contributed by atoms with Gasteiger partial charge in [0, 0.05) is 32.3 Å². The summed E-state index contributed by atoms with van der Waals surface area (Å²) in [6.45, 7) is 4.70. The van der Waals surface area contributed by atoms with E-state index in [2.05, 4.69) is 25.2 Å². The van der Waals surface area contributed by atoms with Crippen LogP contribution in [0.3, 0.4) is 0 Å². The van der Waals surface area contributed by atoms with Crippen LogP contribution in [-0.2, 0) is 4.74 Å². The number of hydrogen-bond donors (Lipinski definition) is 2. The zero-order valence-corrected chi connectivity index (χ0v) is 17.7. The van der Waals surface area contributed by atoms with Gasteiger partial charge in [-0.2, -0.15) is 0 Å². The lowest BCUT2D eigenvalue weighted by molar-refractivity contribution is 0.0256. The summed E-state index contributed by atoms with van der Waals surface area (Å²) >= 11 is 0. The first-order valence-electron chi connectivity index (χ1n) is 10.6. The molecule has 3 aromatic heterocycles. The average molecular weight is 442 g/mol. The maximum absolute atomic E-state index is 13.8. The molecular formula is C22H24F2N6O2. The first kappa shape index (κ1) is 20.6. The van der Waals surface area contributed by atoms with Gasteiger partial charge in [-0.25, -0.2) is 18.7 Å². The second-order valence-electron chi connectivity index (χ2n) is 8.22. The molecule has 5 heterocycles. The molecule has 0 spiro atoms. The number of anilines is 4. The molecule has 2 aliphatic heterocycles. The van der Waals surface area contributed by atoms with E-state index in [1.165, 1.54) is 0 Å². The lowest BCUT2D eigenvalue weighted by Crippen LogP contribution is -2.37. The van der Waals surface area contributed by atoms with Gasteiger partial charge < -0.3 is 24.8 Å². The molecule has 0 bridgehead atoms. The topological polar surface area (TPSA) is 86.4 Å². The zero-order chi connectivity index (χ0) is 22.3. The summed E-state index contributed by atoms with van der Waals surface area (Å²) in [4.78, 5) is 28.1. The number of aryl methyl sites for hydroxylation is 1. The first-order chi connectivity index (χ1) is 15.4. The van der Waals surface area contributed by atoms with E-state index in [4.69, 9.17) is 4.74 Å². The highest BCUT2D eigenvalue weighted by atomic mass is 19.3. The van der Waals surface area contributed by atoms with Gasteiger partial charge in [0.15, 0.2) is 0 Å². The predicted molar refractivity (Wildman–Crippen MR) is 119 cm³/mol. The van der Waals surface area contributed by atoms with E-state index >= 15 is 0 Å². The minimum absolute atomic E-state index is 0.211. The number of nitrogens with zero attached hydrogens (tertiary/aromatic N) is 4. The standard InChI is InChI=1S/C22H24F2N6O2/c1-14-10-16(12-26-20(14)29-6-8-32-9-7-29)27-19-18-15(2-4-25-21(18)31)11-17(28-19)30-5-3-22(23,24)13-30/h2,4,10-12H,3,5-9,13H2,1H3,(H,25,31)(H,27,28). The fraction of sp³-hybridized carbons (Fsp3) is 0.409. The van der Waals surface area contributed by atoms with Gasteiger partial charge in [0.05, 0.1) is 37.0 Å². The summed E-state index contributed by atoms with van der Waals surface area (Å²) in [5.74, 6) is -1.12. The maximum atomic E-state index is 13.8. The number of H-pyrrole nitrogens is 1. The second kappa shape index (κ2) is 8.01. The fourth-order valence-corrected chi connectivity index (χ4v) is 4.26. The number of rotatable bonds is 4. The molecule has 8 nitrogen and oxygen atoms in total. The Labute approximate surface area is 183 Å². The van der Waals surface area contributed by atoms with Gasteiger partial charge in [-0.05, 0) is 36.1 Å². The van der Waals surface area contributed by atoms with Crippen molar-refractivity contribution in [1.29, 1.82) is 0 Å². The molecule has 5 rings (SSSR count). The van der Waals surface area contributed by atoms with E-state index in [1.807, 2.05) is 13.0 Å². The molecule has 0 amide bonds. The van der Waals surface area contributed by atoms with Gasteiger partial charge in [0.25, 0.3) is 11.5 Å². The van der Waals surface area contributed by atoms with Crippen LogP contribution in [0.5, 0.6) is 0 Å². The molecule has 0 aromatic carbocycles. The van der Waals surface area contributed by atoms with Crippen molar-refractivity contribution in [3.05, 3.63) is 46.5 Å². The van der Waals surface area contributed by atoms with Crippen LogP contribution in [-0.4, -0.2) is 60.3 Å². The monoisotopic (exact) mass is 442 g/mol. The Hall–Kier alpha value is -3.27. The van der Waals surface area contributed by atoms with Crippen LogP contribution in [0.25, 0.3) is 10.8 Å². The molecular weight excluding hydrogens is 418 g/mol. The molecule has 0 saturated carbocycles. The lowest BCUT2D eigenvalue weighted by atomic mass is 10.2. The lowest BCUT2D eigenvalue weighted by Gasteiger charge is -2.29. The van der Waals surface area contributed by atoms with E-state index < -0.39 is 5.92 Å². The number of aromatic nitrogens is 3. The highest BCUT2D eigenvalue weighted by Crippen LogP contribution is 2.33. The van der Waals surface area contributed by atoms with Crippen molar-refractivity contribution in [2.24, 2.45) is 0 Å². The van der Waals surface area contributed by atoms with Crippen molar-refractivity contribution < 1.29 is 13.5 Å². The van der Waals surface area contributed by atoms with Crippen molar-refractivity contribution >= 4 is 33.9 Å². The summed E-state index contributed by atoms with van der Waals surface area (Å²) in [5, 5.41) is 4.20. The van der Waals surface area contributed by atoms with E-state index in [0.29, 0.717) is 41.3 Å². The molecule has 3 aromatic rings. The smallest absolute Gasteiger partial charge is 0.266 e. The third kappa shape index (κ3) is 3.97. The Bertz CT molecular complexity index is 1210. The Morgan fingerprint density at radius 3 is 2.72 bits per heavy atom. The largest absolute Gasteiger partial charge is 0.378 e. The molecule has 10 heteroatoms. The van der Waals surface area contributed by atoms with Crippen LogP contribution in [0.1, 0.15) is 12.0 Å². The van der Waals surface area contributed by atoms with Gasteiger partial charge in [-0.15, -0.1) is 0 Å². The van der Waals surface area contributed by atoms with E-state index in [1.54, 1.807) is 29.4 Å². The number of ether oxygens (including phenoxy) is 1. The predicted octanol–water partition coefficient (Wildman–Crippen LogP) is 3.05. The number of aromatic amines is 1. The Kier molecular flexibility index (Phi) is 5.16. The SMILES string of the molecule is Cc1cc(Nc2nc(N3CCC(F)(F)C3)cc3cc[nH]c(=O)c23)cnc1N1CCOCC1. The highest BCUT2D eigenvalue weighted by molar-refractivity contribution is 5.94. The first-order valence-corrected chi connectivity index (χ1v) is 10.6. The number of halogens is 2. The van der Waals surface area contributed by atoms with Gasteiger partial charge >= 0.3 is 0 Å². The van der Waals surface area contributed by atoms with Crippen LogP contribution in [0.4, 0.5) is 31.9 Å². The molecule has 2 saturated heterocycles. The number of alkyl halides is 2. The fourth-order valence-electron chi connectivity index (χ4n) is 4.26. The molecule has 32 heavy (non-hydrogen) atoms. The summed E-state index contributed by atoms with van der Waals surface area (Å²) in [6.07, 6.45) is 3.02. The van der Waals surface area contributed by atoms with Crippen LogP contribution in [0.15, 0.2) is 35.4 Å². The third-order valence-corrected chi connectivity index (χ3v) is 5.86. The summed E-state index contributed by atoms with van der Waals surface area (Å²) in [5.41, 5.74) is 1.34. The van der Waals surface area contributed by atoms with E-state index in [-0.39, 0.29) is 25.1 Å². The van der Waals surface area contributed by atoms with E-state index in [0.717, 1.165) is 24.5 Å². The van der Waals surface area contributed by atoms with Gasteiger partial charge in [-0.1, -0.05) is 0 Å². The van der Waals surface area contributed by atoms with Crippen LogP contribution in [0.2, 0.25) is 0 Å². The summed E-state index contributed by atoms with van der Waals surface area (Å²) in [7, 11) is 0. The molecule has 2 N–H and O–H groups in total. The van der Waals surface area contributed by atoms with Crippen LogP contribution >= 0.6 is 0 Å². The number of fused-ring (bicyclic) bond motifs is 1. The molecule has 2 fully saturated rings. The normalized spacial score (nSPS) is 18.3. The van der Waals surface area contributed by atoms with Crippen molar-refractivity contribution in [1.82, 2.24) is 15.0 Å². The van der Waals surface area contributed by atoms with Gasteiger partial charge in [0.2, 0.25) is 0 Å². The number of pyridine rings is 3. The second-order valence-corrected chi connectivity index (χ2v) is 8.22. The molecule has 0 radical (unpaired) electrons. The zero-order valence-electron chi connectivity index (χ0n) is 17.7. The van der Waals surface area contributed by atoms with Crippen LogP contribution in [0, 0.1) is 6.92 Å².